The highest BCUT2D eigenvalue weighted by molar-refractivity contribution is 5.80. The van der Waals surface area contributed by atoms with E-state index in [1.165, 1.54) is 11.6 Å². The smallest absolute Gasteiger partial charge is 0.123 e. The summed E-state index contributed by atoms with van der Waals surface area (Å²) in [6.45, 7) is 0.888. The molecule has 0 atom stereocenters. The van der Waals surface area contributed by atoms with Crippen molar-refractivity contribution in [2.75, 3.05) is 0 Å². The van der Waals surface area contributed by atoms with Crippen LogP contribution < -0.4 is 0 Å². The minimum Gasteiger partial charge on any atom is -0.347 e. The monoisotopic (exact) mass is 240 g/mol. The van der Waals surface area contributed by atoms with Gasteiger partial charge in [-0.25, -0.2) is 4.39 Å². The molecule has 0 radical (unpaired) electrons. The van der Waals surface area contributed by atoms with Crippen LogP contribution in [0.25, 0.3) is 10.9 Å². The van der Waals surface area contributed by atoms with Crippen molar-refractivity contribution < 1.29 is 4.39 Å². The second kappa shape index (κ2) is 4.61. The highest BCUT2D eigenvalue weighted by Crippen LogP contribution is 2.17. The molecule has 1 aromatic carbocycles. The van der Waals surface area contributed by atoms with Gasteiger partial charge in [-0.05, 0) is 48.4 Å². The minimum atomic E-state index is -0.186. The fourth-order valence-corrected chi connectivity index (χ4v) is 2.16. The Balaban J connectivity index is 1.83. The standard InChI is InChI=1S/C15H13FN2/c16-14-1-2-15-13(11-14)6-10-18(15)9-5-12-3-7-17-8-4-12/h1-4,6-8,10-11H,5,9H2. The van der Waals surface area contributed by atoms with Gasteiger partial charge in [-0.15, -0.1) is 0 Å². The SMILES string of the molecule is Fc1ccc2c(ccn2CCc2ccncc2)c1. The van der Waals surface area contributed by atoms with Gasteiger partial charge >= 0.3 is 0 Å². The third-order valence-electron chi connectivity index (χ3n) is 3.12. The Morgan fingerprint density at radius 3 is 2.72 bits per heavy atom. The van der Waals surface area contributed by atoms with Crippen LogP contribution in [-0.4, -0.2) is 9.55 Å². The van der Waals surface area contributed by atoms with Gasteiger partial charge in [0.1, 0.15) is 5.82 Å². The fraction of sp³-hybridized carbons (Fsp3) is 0.133. The molecule has 2 aromatic heterocycles. The Hall–Kier alpha value is -2.16. The van der Waals surface area contributed by atoms with Crippen LogP contribution in [0.1, 0.15) is 5.56 Å². The summed E-state index contributed by atoms with van der Waals surface area (Å²) in [6, 6.07) is 10.9. The van der Waals surface area contributed by atoms with Gasteiger partial charge in [-0.1, -0.05) is 0 Å². The third kappa shape index (κ3) is 2.12. The Bertz CT molecular complexity index is 659. The molecule has 0 aliphatic carbocycles. The number of aryl methyl sites for hydroxylation is 2. The number of halogens is 1. The third-order valence-corrected chi connectivity index (χ3v) is 3.12. The van der Waals surface area contributed by atoms with Crippen molar-refractivity contribution in [1.82, 2.24) is 9.55 Å². The van der Waals surface area contributed by atoms with Crippen molar-refractivity contribution in [1.29, 1.82) is 0 Å². The molecule has 0 unspecified atom stereocenters. The quantitative estimate of drug-likeness (QED) is 0.686. The molecule has 0 fully saturated rings. The lowest BCUT2D eigenvalue weighted by molar-refractivity contribution is 0.629. The Morgan fingerprint density at radius 1 is 1.06 bits per heavy atom. The van der Waals surface area contributed by atoms with Crippen LogP contribution >= 0.6 is 0 Å². The molecule has 3 rings (SSSR count). The van der Waals surface area contributed by atoms with Crippen molar-refractivity contribution in [3.05, 3.63) is 66.4 Å². The maximum Gasteiger partial charge on any atom is 0.123 e. The Labute approximate surface area is 105 Å². The lowest BCUT2D eigenvalue weighted by Crippen LogP contribution is -1.99. The lowest BCUT2D eigenvalue weighted by atomic mass is 10.2. The summed E-state index contributed by atoms with van der Waals surface area (Å²) in [4.78, 5) is 4.00. The summed E-state index contributed by atoms with van der Waals surface area (Å²) >= 11 is 0. The van der Waals surface area contributed by atoms with E-state index in [1.807, 2.05) is 30.5 Å². The van der Waals surface area contributed by atoms with Gasteiger partial charge in [0.2, 0.25) is 0 Å². The van der Waals surface area contributed by atoms with Crippen molar-refractivity contribution in [2.24, 2.45) is 0 Å². The normalized spacial score (nSPS) is 10.9. The summed E-state index contributed by atoms with van der Waals surface area (Å²) in [6.07, 6.45) is 6.56. The number of hydrogen-bond acceptors (Lipinski definition) is 1. The van der Waals surface area contributed by atoms with Gasteiger partial charge in [0.05, 0.1) is 0 Å². The molecule has 0 bridgehead atoms. The predicted molar refractivity (Wildman–Crippen MR) is 69.8 cm³/mol. The number of pyridine rings is 1. The molecular weight excluding hydrogens is 227 g/mol. The first kappa shape index (κ1) is 11.0. The van der Waals surface area contributed by atoms with Crippen molar-refractivity contribution in [3.63, 3.8) is 0 Å². The predicted octanol–water partition coefficient (Wildman–Crippen LogP) is 3.42. The molecule has 0 amide bonds. The van der Waals surface area contributed by atoms with Crippen LogP contribution in [0.5, 0.6) is 0 Å². The average molecular weight is 240 g/mol. The average Bonchev–Trinajstić information content (AvgIpc) is 2.80. The first-order valence-corrected chi connectivity index (χ1v) is 5.96. The number of rotatable bonds is 3. The lowest BCUT2D eigenvalue weighted by Gasteiger charge is -2.05. The van der Waals surface area contributed by atoms with E-state index >= 15 is 0 Å². The highest BCUT2D eigenvalue weighted by atomic mass is 19.1. The number of fused-ring (bicyclic) bond motifs is 1. The summed E-state index contributed by atoms with van der Waals surface area (Å²) in [5, 5.41) is 0.949. The molecule has 3 aromatic rings. The van der Waals surface area contributed by atoms with Gasteiger partial charge in [-0.3, -0.25) is 4.98 Å². The maximum absolute atomic E-state index is 13.1. The summed E-state index contributed by atoms with van der Waals surface area (Å²) < 4.78 is 15.2. The van der Waals surface area contributed by atoms with Gasteiger partial charge < -0.3 is 4.57 Å². The van der Waals surface area contributed by atoms with E-state index in [1.54, 1.807) is 18.5 Å². The molecule has 0 aliphatic rings. The van der Waals surface area contributed by atoms with Gasteiger partial charge in [-0.2, -0.15) is 0 Å². The molecule has 2 heterocycles. The van der Waals surface area contributed by atoms with Crippen LogP contribution in [-0.2, 0) is 13.0 Å². The number of hydrogen-bond donors (Lipinski definition) is 0. The van der Waals surface area contributed by atoms with Gasteiger partial charge in [0, 0.05) is 36.0 Å². The van der Waals surface area contributed by atoms with E-state index in [0.717, 1.165) is 23.9 Å². The second-order valence-corrected chi connectivity index (χ2v) is 4.32. The minimum absolute atomic E-state index is 0.186. The zero-order valence-electron chi connectivity index (χ0n) is 9.88. The van der Waals surface area contributed by atoms with Crippen molar-refractivity contribution in [2.45, 2.75) is 13.0 Å². The fourth-order valence-electron chi connectivity index (χ4n) is 2.16. The van der Waals surface area contributed by atoms with Crippen LogP contribution in [0.2, 0.25) is 0 Å². The molecule has 2 nitrogen and oxygen atoms in total. The van der Waals surface area contributed by atoms with Gasteiger partial charge in [0.15, 0.2) is 0 Å². The summed E-state index contributed by atoms with van der Waals surface area (Å²) in [7, 11) is 0. The molecule has 90 valence electrons. The van der Waals surface area contributed by atoms with E-state index in [2.05, 4.69) is 9.55 Å². The first-order valence-electron chi connectivity index (χ1n) is 5.96. The highest BCUT2D eigenvalue weighted by Gasteiger charge is 2.02. The van der Waals surface area contributed by atoms with E-state index in [-0.39, 0.29) is 5.82 Å². The largest absolute Gasteiger partial charge is 0.347 e. The van der Waals surface area contributed by atoms with Crippen molar-refractivity contribution in [3.8, 4) is 0 Å². The van der Waals surface area contributed by atoms with Crippen molar-refractivity contribution >= 4 is 10.9 Å². The van der Waals surface area contributed by atoms with Crippen LogP contribution in [0.4, 0.5) is 4.39 Å². The molecule has 18 heavy (non-hydrogen) atoms. The first-order chi connectivity index (χ1) is 8.83. The molecule has 3 heteroatoms. The zero-order chi connectivity index (χ0) is 12.4. The molecular formula is C15H13FN2. The van der Waals surface area contributed by atoms with E-state index in [0.29, 0.717) is 0 Å². The molecule has 0 saturated heterocycles. The summed E-state index contributed by atoms with van der Waals surface area (Å²) in [5.74, 6) is -0.186. The molecule has 0 saturated carbocycles. The Kier molecular flexibility index (Phi) is 2.81. The topological polar surface area (TPSA) is 17.8 Å². The second-order valence-electron chi connectivity index (χ2n) is 4.32. The molecule has 0 N–H and O–H groups in total. The number of nitrogens with zero attached hydrogens (tertiary/aromatic N) is 2. The Morgan fingerprint density at radius 2 is 1.89 bits per heavy atom. The maximum atomic E-state index is 13.1. The molecule has 0 aliphatic heterocycles. The summed E-state index contributed by atoms with van der Waals surface area (Å²) in [5.41, 5.74) is 2.33. The molecule has 0 spiro atoms. The zero-order valence-corrected chi connectivity index (χ0v) is 9.88. The number of aromatic nitrogens is 2. The van der Waals surface area contributed by atoms with Crippen LogP contribution in [0.3, 0.4) is 0 Å². The van der Waals surface area contributed by atoms with E-state index in [9.17, 15) is 4.39 Å². The van der Waals surface area contributed by atoms with Gasteiger partial charge in [0.25, 0.3) is 0 Å². The number of benzene rings is 1. The van der Waals surface area contributed by atoms with Crippen LogP contribution in [0.15, 0.2) is 55.0 Å². The van der Waals surface area contributed by atoms with Crippen LogP contribution in [0, 0.1) is 5.82 Å². The van der Waals surface area contributed by atoms with E-state index < -0.39 is 0 Å². The van der Waals surface area contributed by atoms with E-state index in [4.69, 9.17) is 0 Å².